The molecule has 4 aliphatic rings. The number of fused-ring (bicyclic) bond motifs is 3. The summed E-state index contributed by atoms with van der Waals surface area (Å²) in [4.78, 5) is 67.5. The van der Waals surface area contributed by atoms with Gasteiger partial charge in [-0.15, -0.1) is 0 Å². The van der Waals surface area contributed by atoms with Crippen LogP contribution in [0.3, 0.4) is 0 Å². The number of aromatic nitrogens is 2. The minimum absolute atomic E-state index is 0.0369. The number of pyridine rings is 2. The third kappa shape index (κ3) is 9.88. The molecule has 3 fully saturated rings. The molecule has 4 amide bonds. The topological polar surface area (TPSA) is 207 Å². The Balaban J connectivity index is 1.31. The van der Waals surface area contributed by atoms with Gasteiger partial charge < -0.3 is 29.5 Å². The second kappa shape index (κ2) is 18.2. The zero-order valence-electron chi connectivity index (χ0n) is 37.9. The van der Waals surface area contributed by atoms with Crippen LogP contribution in [0.5, 0.6) is 17.5 Å². The van der Waals surface area contributed by atoms with Crippen LogP contribution in [0.2, 0.25) is 0 Å². The summed E-state index contributed by atoms with van der Waals surface area (Å²) in [5.74, 6) is -3.74. The fourth-order valence-corrected chi connectivity index (χ4v) is 10.4. The Bertz CT molecular complexity index is 2500. The van der Waals surface area contributed by atoms with E-state index in [1.165, 1.54) is 14.0 Å². The minimum Gasteiger partial charge on any atom is -0.497 e. The third-order valence-corrected chi connectivity index (χ3v) is 14.8. The molecule has 66 heavy (non-hydrogen) atoms. The van der Waals surface area contributed by atoms with Gasteiger partial charge in [0.25, 0.3) is 5.91 Å². The highest BCUT2D eigenvalue weighted by atomic mass is 32.2. The largest absolute Gasteiger partial charge is 0.497 e. The number of carbonyl (C=O) groups excluding carboxylic acids is 3. The second-order valence-corrected chi connectivity index (χ2v) is 20.8. The maximum atomic E-state index is 15.2. The van der Waals surface area contributed by atoms with Gasteiger partial charge >= 0.3 is 12.3 Å². The van der Waals surface area contributed by atoms with Gasteiger partial charge in [-0.1, -0.05) is 26.0 Å². The van der Waals surface area contributed by atoms with Crippen LogP contribution >= 0.6 is 0 Å². The third-order valence-electron chi connectivity index (χ3n) is 13.0. The van der Waals surface area contributed by atoms with E-state index in [4.69, 9.17) is 19.2 Å². The lowest BCUT2D eigenvalue weighted by Gasteiger charge is -2.45. The predicted octanol–water partition coefficient (Wildman–Crippen LogP) is 6.63. The Morgan fingerprint density at radius 3 is 2.41 bits per heavy atom. The number of nitrogens with zero attached hydrogens (tertiary/aromatic N) is 4. The number of ether oxygens (including phenoxy) is 3. The molecule has 0 unspecified atom stereocenters. The van der Waals surface area contributed by atoms with Gasteiger partial charge in [0.1, 0.15) is 35.0 Å². The minimum atomic E-state index is -5.12. The first-order valence-corrected chi connectivity index (χ1v) is 23.7. The van der Waals surface area contributed by atoms with E-state index in [1.807, 2.05) is 20.8 Å². The maximum absolute atomic E-state index is 15.2. The van der Waals surface area contributed by atoms with Crippen LogP contribution in [0.25, 0.3) is 22.0 Å². The Morgan fingerprint density at radius 1 is 1.06 bits per heavy atom. The lowest BCUT2D eigenvalue weighted by molar-refractivity contribution is -0.222. The van der Waals surface area contributed by atoms with Crippen molar-refractivity contribution in [3.63, 3.8) is 0 Å². The van der Waals surface area contributed by atoms with Crippen LogP contribution < -0.4 is 24.2 Å². The number of allylic oxidation sites excluding steroid dienone is 1. The molecule has 2 aromatic heterocycles. The summed E-state index contributed by atoms with van der Waals surface area (Å²) in [6.45, 7) is 8.09. The molecule has 0 spiro atoms. The van der Waals surface area contributed by atoms with E-state index in [9.17, 15) is 41.1 Å². The van der Waals surface area contributed by atoms with Gasteiger partial charge in [-0.2, -0.15) is 13.2 Å². The summed E-state index contributed by atoms with van der Waals surface area (Å²) in [5.41, 5.74) is -3.79. The normalized spacial score (nSPS) is 26.4. The van der Waals surface area contributed by atoms with E-state index in [-0.39, 0.29) is 42.1 Å². The Hall–Kier alpha value is -5.66. The Kier molecular flexibility index (Phi) is 13.3. The van der Waals surface area contributed by atoms with Crippen molar-refractivity contribution >= 4 is 44.6 Å². The van der Waals surface area contributed by atoms with E-state index in [2.05, 4.69) is 15.0 Å². The van der Waals surface area contributed by atoms with E-state index in [1.54, 1.807) is 54.7 Å². The summed E-state index contributed by atoms with van der Waals surface area (Å²) in [6.07, 6.45) is -1.57. The smallest absolute Gasteiger partial charge is 0.411 e. The SMILES string of the molecule is COc1ccc2c(O[C@@H]3C[C@H]4C(=O)N[C@]5(C(=O)NS(=O)(=O)C6CC6)C[C@H]5C=CCC[C@@H](C)C[C@@H](C)[C@H](N(C(=O)O)C(C)(C)C(F)(F)F)C(=O)N4C3)nc(-c3ccc(OC(C)C)nc3)cc2c1. The molecular weight excluding hydrogens is 886 g/mol. The number of sulfonamides is 1. The average molecular weight is 943 g/mol. The molecule has 3 aromatic rings. The molecule has 0 bridgehead atoms. The van der Waals surface area contributed by atoms with Gasteiger partial charge in [0.2, 0.25) is 33.6 Å². The summed E-state index contributed by atoms with van der Waals surface area (Å²) in [5, 5.41) is 13.7. The molecule has 1 saturated heterocycles. The van der Waals surface area contributed by atoms with Gasteiger partial charge in [0.15, 0.2) is 0 Å². The lowest BCUT2D eigenvalue weighted by Crippen LogP contribution is -2.66. The number of carbonyl (C=O) groups is 4. The highest BCUT2D eigenvalue weighted by molar-refractivity contribution is 7.91. The quantitative estimate of drug-likeness (QED) is 0.173. The molecule has 358 valence electrons. The zero-order valence-corrected chi connectivity index (χ0v) is 38.7. The molecule has 7 rings (SSSR count). The number of methoxy groups -OCH3 is 1. The summed E-state index contributed by atoms with van der Waals surface area (Å²) in [6, 6.07) is 6.96. The fourth-order valence-electron chi connectivity index (χ4n) is 9.05. The average Bonchev–Trinajstić information content (AvgIpc) is 4.17. The highest BCUT2D eigenvalue weighted by Gasteiger charge is 2.63. The van der Waals surface area contributed by atoms with Crippen molar-refractivity contribution in [2.45, 2.75) is 133 Å². The number of amides is 4. The van der Waals surface area contributed by atoms with Crippen molar-refractivity contribution in [3.8, 4) is 28.8 Å². The van der Waals surface area contributed by atoms with Gasteiger partial charge in [0.05, 0.1) is 30.7 Å². The fraction of sp³-hybridized carbons (Fsp3) is 0.565. The number of nitrogens with one attached hydrogen (secondary N) is 2. The number of rotatable bonds is 11. The maximum Gasteiger partial charge on any atom is 0.411 e. The number of benzene rings is 1. The van der Waals surface area contributed by atoms with Gasteiger partial charge in [-0.05, 0) is 114 Å². The number of halogens is 3. The van der Waals surface area contributed by atoms with Crippen molar-refractivity contribution in [3.05, 3.63) is 54.7 Å². The lowest BCUT2D eigenvalue weighted by atomic mass is 9.85. The van der Waals surface area contributed by atoms with E-state index >= 15 is 4.79 Å². The zero-order chi connectivity index (χ0) is 48.1. The summed E-state index contributed by atoms with van der Waals surface area (Å²) in [7, 11) is -2.55. The van der Waals surface area contributed by atoms with Crippen molar-refractivity contribution in [2.24, 2.45) is 17.8 Å². The molecule has 3 N–H and O–H groups in total. The van der Waals surface area contributed by atoms with E-state index in [0.717, 1.165) is 4.90 Å². The Morgan fingerprint density at radius 2 is 1.79 bits per heavy atom. The molecule has 20 heteroatoms. The number of hydrogen-bond acceptors (Lipinski definition) is 11. The van der Waals surface area contributed by atoms with E-state index < -0.39 is 92.9 Å². The molecule has 4 heterocycles. The molecule has 2 aliphatic heterocycles. The molecule has 0 radical (unpaired) electrons. The number of hydrogen-bond donors (Lipinski definition) is 3. The van der Waals surface area contributed by atoms with Crippen molar-refractivity contribution < 1.29 is 60.1 Å². The van der Waals surface area contributed by atoms with Gasteiger partial charge in [-0.3, -0.25) is 24.0 Å². The second-order valence-electron chi connectivity index (χ2n) is 18.9. The van der Waals surface area contributed by atoms with Gasteiger partial charge in [-0.25, -0.2) is 23.2 Å². The molecule has 2 saturated carbocycles. The molecule has 2 aliphatic carbocycles. The van der Waals surface area contributed by atoms with Crippen molar-refractivity contribution in [1.29, 1.82) is 0 Å². The highest BCUT2D eigenvalue weighted by Crippen LogP contribution is 2.47. The van der Waals surface area contributed by atoms with Crippen molar-refractivity contribution in [1.82, 2.24) is 29.8 Å². The standard InChI is InChI=1S/C46H57F3N6O10S/c1-25(2)64-37-17-12-28(23-50-37)35-20-29-19-31(63-7)13-16-34(29)40(51-35)65-32-21-36-39(56)52-45(42(58)53-66(61,62)33-14-15-33)22-30(45)11-9-8-10-26(3)18-27(4)38(41(57)54(36)24-32)55(43(59)60)44(5,6)46(47,48)49/h9,11-13,16-17,19-20,23,25-27,30,32-33,36,38H,8,10,14-15,18,21-22,24H2,1-7H3,(H,52,56)(H,53,58)(H,59,60)/t26-,27-,30-,32-,36+,38+,45-/m1/s1. The Labute approximate surface area is 381 Å². The summed E-state index contributed by atoms with van der Waals surface area (Å²) >= 11 is 0. The van der Waals surface area contributed by atoms with Crippen LogP contribution in [-0.4, -0.2) is 118 Å². The molecular formula is C46H57F3N6O10S. The number of alkyl halides is 3. The first-order chi connectivity index (χ1) is 30.9. The van der Waals surface area contributed by atoms with E-state index in [0.29, 0.717) is 73.2 Å². The first-order valence-electron chi connectivity index (χ1n) is 22.2. The van der Waals surface area contributed by atoms with Crippen LogP contribution in [0, 0.1) is 17.8 Å². The van der Waals surface area contributed by atoms with Crippen molar-refractivity contribution in [2.75, 3.05) is 13.7 Å². The van der Waals surface area contributed by atoms with Crippen LogP contribution in [-0.2, 0) is 24.4 Å². The number of carboxylic acid groups (broad SMARTS) is 1. The van der Waals surface area contributed by atoms with Crippen LogP contribution in [0.15, 0.2) is 54.7 Å². The van der Waals surface area contributed by atoms with Crippen LogP contribution in [0.4, 0.5) is 18.0 Å². The molecule has 16 nitrogen and oxygen atoms in total. The molecule has 7 atom stereocenters. The summed E-state index contributed by atoms with van der Waals surface area (Å²) < 4.78 is 90.6. The molecule has 1 aromatic carbocycles. The predicted molar refractivity (Wildman–Crippen MR) is 236 cm³/mol. The van der Waals surface area contributed by atoms with Crippen LogP contribution in [0.1, 0.15) is 86.5 Å². The monoisotopic (exact) mass is 942 g/mol. The van der Waals surface area contributed by atoms with Gasteiger partial charge in [0, 0.05) is 35.6 Å². The first kappa shape index (κ1) is 48.3.